The number of aryl methyl sites for hydroxylation is 1. The molecule has 1 aromatic heterocycles. The SMILES string of the molecule is Cc1ccc(-c2noc(CN3CCN(C(=O)CCSc4ccccc4)CC3)n2)cc1. The minimum absolute atomic E-state index is 0.234. The van der Waals surface area contributed by atoms with E-state index in [1.165, 1.54) is 10.5 Å². The minimum Gasteiger partial charge on any atom is -0.340 e. The van der Waals surface area contributed by atoms with Crippen molar-refractivity contribution in [3.63, 3.8) is 0 Å². The molecule has 0 atom stereocenters. The molecule has 0 bridgehead atoms. The maximum absolute atomic E-state index is 12.5. The minimum atomic E-state index is 0.234. The summed E-state index contributed by atoms with van der Waals surface area (Å²) in [5, 5.41) is 4.10. The maximum atomic E-state index is 12.5. The van der Waals surface area contributed by atoms with Gasteiger partial charge in [-0.15, -0.1) is 11.8 Å². The molecular weight excluding hydrogens is 396 g/mol. The molecule has 3 aromatic rings. The van der Waals surface area contributed by atoms with Crippen LogP contribution in [0.3, 0.4) is 0 Å². The summed E-state index contributed by atoms with van der Waals surface area (Å²) in [6.07, 6.45) is 0.573. The summed E-state index contributed by atoms with van der Waals surface area (Å²) in [6, 6.07) is 18.3. The molecule has 0 N–H and O–H groups in total. The number of nitrogens with zero attached hydrogens (tertiary/aromatic N) is 4. The zero-order valence-electron chi connectivity index (χ0n) is 17.2. The molecule has 156 valence electrons. The third kappa shape index (κ3) is 5.49. The lowest BCUT2D eigenvalue weighted by molar-refractivity contribution is -0.132. The smallest absolute Gasteiger partial charge is 0.241 e. The van der Waals surface area contributed by atoms with Gasteiger partial charge in [-0.3, -0.25) is 9.69 Å². The Labute approximate surface area is 181 Å². The Morgan fingerprint density at radius 1 is 1.03 bits per heavy atom. The van der Waals surface area contributed by atoms with Gasteiger partial charge in [0.15, 0.2) is 0 Å². The van der Waals surface area contributed by atoms with Crippen molar-refractivity contribution in [1.29, 1.82) is 0 Å². The van der Waals surface area contributed by atoms with Crippen LogP contribution in [0, 0.1) is 6.92 Å². The van der Waals surface area contributed by atoms with Crippen LogP contribution in [-0.2, 0) is 11.3 Å². The van der Waals surface area contributed by atoms with E-state index in [2.05, 4.69) is 34.1 Å². The fourth-order valence-electron chi connectivity index (χ4n) is 3.42. The van der Waals surface area contributed by atoms with E-state index in [0.717, 1.165) is 37.5 Å². The third-order valence-electron chi connectivity index (χ3n) is 5.19. The van der Waals surface area contributed by atoms with Crippen molar-refractivity contribution in [3.05, 3.63) is 66.1 Å². The van der Waals surface area contributed by atoms with Crippen molar-refractivity contribution in [2.75, 3.05) is 31.9 Å². The van der Waals surface area contributed by atoms with Crippen LogP contribution in [0.25, 0.3) is 11.4 Å². The maximum Gasteiger partial charge on any atom is 0.241 e. The summed E-state index contributed by atoms with van der Waals surface area (Å²) >= 11 is 1.73. The number of carbonyl (C=O) groups excluding carboxylic acids is 1. The van der Waals surface area contributed by atoms with E-state index in [0.29, 0.717) is 24.7 Å². The molecule has 4 rings (SSSR count). The number of aromatic nitrogens is 2. The molecule has 2 aromatic carbocycles. The van der Waals surface area contributed by atoms with Gasteiger partial charge >= 0.3 is 0 Å². The Hall–Kier alpha value is -2.64. The van der Waals surface area contributed by atoms with Gasteiger partial charge in [-0.05, 0) is 19.1 Å². The first kappa shape index (κ1) is 20.6. The molecule has 2 heterocycles. The van der Waals surface area contributed by atoms with E-state index in [1.807, 2.05) is 47.4 Å². The molecule has 0 spiro atoms. The van der Waals surface area contributed by atoms with Gasteiger partial charge in [-0.2, -0.15) is 4.98 Å². The van der Waals surface area contributed by atoms with Gasteiger partial charge in [0.25, 0.3) is 0 Å². The average Bonchev–Trinajstić information content (AvgIpc) is 3.24. The summed E-state index contributed by atoms with van der Waals surface area (Å²) < 4.78 is 5.44. The van der Waals surface area contributed by atoms with Crippen molar-refractivity contribution in [2.45, 2.75) is 24.8 Å². The van der Waals surface area contributed by atoms with E-state index in [4.69, 9.17) is 4.52 Å². The Balaban J connectivity index is 1.21. The van der Waals surface area contributed by atoms with Crippen molar-refractivity contribution >= 4 is 17.7 Å². The van der Waals surface area contributed by atoms with Crippen LogP contribution in [0.5, 0.6) is 0 Å². The van der Waals surface area contributed by atoms with Gasteiger partial charge in [-0.25, -0.2) is 0 Å². The number of rotatable bonds is 7. The number of hydrogen-bond donors (Lipinski definition) is 0. The van der Waals surface area contributed by atoms with Gasteiger partial charge in [0, 0.05) is 48.8 Å². The number of benzene rings is 2. The summed E-state index contributed by atoms with van der Waals surface area (Å²) in [5.41, 5.74) is 2.16. The van der Waals surface area contributed by atoms with Crippen molar-refractivity contribution < 1.29 is 9.32 Å². The molecular formula is C23H26N4O2S. The molecule has 0 unspecified atom stereocenters. The van der Waals surface area contributed by atoms with Crippen LogP contribution in [0.2, 0.25) is 0 Å². The summed E-state index contributed by atoms with van der Waals surface area (Å²) in [6.45, 7) is 5.80. The van der Waals surface area contributed by atoms with Crippen LogP contribution < -0.4 is 0 Å². The topological polar surface area (TPSA) is 62.5 Å². The number of carbonyl (C=O) groups is 1. The van der Waals surface area contributed by atoms with Crippen LogP contribution >= 0.6 is 11.8 Å². The molecule has 0 saturated carbocycles. The Morgan fingerprint density at radius 3 is 2.50 bits per heavy atom. The van der Waals surface area contributed by atoms with Gasteiger partial charge in [-0.1, -0.05) is 53.2 Å². The summed E-state index contributed by atoms with van der Waals surface area (Å²) in [4.78, 5) is 22.4. The Morgan fingerprint density at radius 2 is 1.77 bits per heavy atom. The Bertz CT molecular complexity index is 951. The van der Waals surface area contributed by atoms with E-state index in [1.54, 1.807) is 11.8 Å². The molecule has 6 nitrogen and oxygen atoms in total. The predicted octanol–water partition coefficient (Wildman–Crippen LogP) is 3.87. The van der Waals surface area contributed by atoms with E-state index in [-0.39, 0.29) is 5.91 Å². The lowest BCUT2D eigenvalue weighted by atomic mass is 10.1. The number of hydrogen-bond acceptors (Lipinski definition) is 6. The molecule has 1 fully saturated rings. The van der Waals surface area contributed by atoms with Gasteiger partial charge < -0.3 is 9.42 Å². The zero-order chi connectivity index (χ0) is 20.8. The fraction of sp³-hybridized carbons (Fsp3) is 0.348. The van der Waals surface area contributed by atoms with Crippen molar-refractivity contribution in [1.82, 2.24) is 19.9 Å². The lowest BCUT2D eigenvalue weighted by Crippen LogP contribution is -2.48. The summed E-state index contributed by atoms with van der Waals surface area (Å²) in [5.74, 6) is 2.28. The largest absolute Gasteiger partial charge is 0.340 e. The van der Waals surface area contributed by atoms with Crippen LogP contribution in [-0.4, -0.2) is 57.8 Å². The monoisotopic (exact) mass is 422 g/mol. The highest BCUT2D eigenvalue weighted by Gasteiger charge is 2.22. The standard InChI is InChI=1S/C23H26N4O2S/c1-18-7-9-19(10-8-18)23-24-21(29-25-23)17-26-12-14-27(15-13-26)22(28)11-16-30-20-5-3-2-4-6-20/h2-10H,11-17H2,1H3. The first-order valence-corrected chi connectivity index (χ1v) is 11.2. The quantitative estimate of drug-likeness (QED) is 0.539. The first-order chi connectivity index (χ1) is 14.7. The van der Waals surface area contributed by atoms with E-state index >= 15 is 0 Å². The zero-order valence-corrected chi connectivity index (χ0v) is 18.0. The van der Waals surface area contributed by atoms with Crippen molar-refractivity contribution in [2.24, 2.45) is 0 Å². The molecule has 1 aliphatic rings. The molecule has 0 aliphatic carbocycles. The Kier molecular flexibility index (Phi) is 6.81. The van der Waals surface area contributed by atoms with Gasteiger partial charge in [0.05, 0.1) is 6.54 Å². The normalized spacial score (nSPS) is 14.8. The third-order valence-corrected chi connectivity index (χ3v) is 6.20. The highest BCUT2D eigenvalue weighted by molar-refractivity contribution is 7.99. The van der Waals surface area contributed by atoms with Gasteiger partial charge in [0.2, 0.25) is 17.6 Å². The van der Waals surface area contributed by atoms with Crippen molar-refractivity contribution in [3.8, 4) is 11.4 Å². The average molecular weight is 423 g/mol. The molecule has 7 heteroatoms. The molecule has 0 radical (unpaired) electrons. The number of thioether (sulfide) groups is 1. The van der Waals surface area contributed by atoms with Gasteiger partial charge in [0.1, 0.15) is 0 Å². The van der Waals surface area contributed by atoms with E-state index < -0.39 is 0 Å². The highest BCUT2D eigenvalue weighted by atomic mass is 32.2. The molecule has 1 saturated heterocycles. The lowest BCUT2D eigenvalue weighted by Gasteiger charge is -2.34. The van der Waals surface area contributed by atoms with Crippen LogP contribution in [0.1, 0.15) is 17.9 Å². The second-order valence-corrected chi connectivity index (χ2v) is 8.61. The highest BCUT2D eigenvalue weighted by Crippen LogP contribution is 2.19. The number of amides is 1. The molecule has 1 amide bonds. The van der Waals surface area contributed by atoms with Crippen LogP contribution in [0.4, 0.5) is 0 Å². The first-order valence-electron chi connectivity index (χ1n) is 10.2. The molecule has 1 aliphatic heterocycles. The number of piperazine rings is 1. The summed E-state index contributed by atoms with van der Waals surface area (Å²) in [7, 11) is 0. The van der Waals surface area contributed by atoms with E-state index in [9.17, 15) is 4.79 Å². The fourth-order valence-corrected chi connectivity index (χ4v) is 4.28. The van der Waals surface area contributed by atoms with Crippen LogP contribution in [0.15, 0.2) is 64.0 Å². The second kappa shape index (κ2) is 9.91. The second-order valence-electron chi connectivity index (χ2n) is 7.45. The molecule has 30 heavy (non-hydrogen) atoms. The predicted molar refractivity (Wildman–Crippen MR) is 118 cm³/mol.